The maximum Gasteiger partial charge on any atom is 0.0672 e. The van der Waals surface area contributed by atoms with E-state index >= 15 is 0 Å². The number of hydrogen-bond donors (Lipinski definition) is 1. The highest BCUT2D eigenvalue weighted by Gasteiger charge is 2.24. The van der Waals surface area contributed by atoms with Crippen LogP contribution in [0.15, 0.2) is 42.5 Å². The summed E-state index contributed by atoms with van der Waals surface area (Å²) in [6.07, 6.45) is 6.85. The average Bonchev–Trinajstić information content (AvgIpc) is 2.52. The van der Waals surface area contributed by atoms with Crippen LogP contribution in [0.3, 0.4) is 0 Å². The van der Waals surface area contributed by atoms with Crippen molar-refractivity contribution in [2.75, 3.05) is 19.8 Å². The smallest absolute Gasteiger partial charge is 0.0672 e. The van der Waals surface area contributed by atoms with Crippen molar-refractivity contribution in [2.24, 2.45) is 5.92 Å². The largest absolute Gasteiger partial charge is 0.376 e. The minimum Gasteiger partial charge on any atom is -0.376 e. The van der Waals surface area contributed by atoms with Crippen LogP contribution in [0.4, 0.5) is 0 Å². The average molecular weight is 287 g/mol. The lowest BCUT2D eigenvalue weighted by molar-refractivity contribution is 0.149. The molecule has 21 heavy (non-hydrogen) atoms. The SMILES string of the molecule is C=C(C)COCCNC(c1ccccc1)C1CCCCC1. The summed E-state index contributed by atoms with van der Waals surface area (Å²) in [5.41, 5.74) is 2.51. The van der Waals surface area contributed by atoms with Gasteiger partial charge in [-0.3, -0.25) is 0 Å². The minimum atomic E-state index is 0.472. The molecule has 2 nitrogen and oxygen atoms in total. The Bertz CT molecular complexity index is 409. The summed E-state index contributed by atoms with van der Waals surface area (Å²) < 4.78 is 5.61. The van der Waals surface area contributed by atoms with Crippen LogP contribution in [-0.4, -0.2) is 19.8 Å². The van der Waals surface area contributed by atoms with Crippen molar-refractivity contribution < 1.29 is 4.74 Å². The molecule has 0 bridgehead atoms. The van der Waals surface area contributed by atoms with E-state index in [1.165, 1.54) is 37.7 Å². The fourth-order valence-corrected chi connectivity index (χ4v) is 3.22. The number of hydrogen-bond acceptors (Lipinski definition) is 2. The second-order valence-corrected chi connectivity index (χ2v) is 6.25. The first-order valence-electron chi connectivity index (χ1n) is 8.28. The number of ether oxygens (including phenoxy) is 1. The molecule has 116 valence electrons. The van der Waals surface area contributed by atoms with Crippen LogP contribution in [0.1, 0.15) is 50.6 Å². The molecule has 1 unspecified atom stereocenters. The number of benzene rings is 1. The van der Waals surface area contributed by atoms with Gasteiger partial charge in [-0.1, -0.05) is 61.7 Å². The molecule has 2 heteroatoms. The van der Waals surface area contributed by atoms with E-state index in [0.29, 0.717) is 12.6 Å². The van der Waals surface area contributed by atoms with Crippen LogP contribution in [0.2, 0.25) is 0 Å². The van der Waals surface area contributed by atoms with Gasteiger partial charge >= 0.3 is 0 Å². The van der Waals surface area contributed by atoms with Gasteiger partial charge in [0.15, 0.2) is 0 Å². The monoisotopic (exact) mass is 287 g/mol. The molecular formula is C19H29NO. The van der Waals surface area contributed by atoms with E-state index in [9.17, 15) is 0 Å². The standard InChI is InChI=1S/C19H29NO/c1-16(2)15-21-14-13-20-19(17-9-5-3-6-10-17)18-11-7-4-8-12-18/h3,5-6,9-10,18-20H,1,4,7-8,11-15H2,2H3. The fourth-order valence-electron chi connectivity index (χ4n) is 3.22. The third-order valence-corrected chi connectivity index (χ3v) is 4.24. The van der Waals surface area contributed by atoms with Gasteiger partial charge in [0.25, 0.3) is 0 Å². The summed E-state index contributed by atoms with van der Waals surface area (Å²) in [5.74, 6) is 0.766. The molecule has 0 aromatic heterocycles. The molecule has 0 saturated heterocycles. The zero-order valence-electron chi connectivity index (χ0n) is 13.3. The molecule has 1 fully saturated rings. The van der Waals surface area contributed by atoms with E-state index in [-0.39, 0.29) is 0 Å². The number of rotatable bonds is 8. The van der Waals surface area contributed by atoms with Crippen LogP contribution in [0, 0.1) is 5.92 Å². The van der Waals surface area contributed by atoms with Gasteiger partial charge in [0.05, 0.1) is 13.2 Å². The second-order valence-electron chi connectivity index (χ2n) is 6.25. The molecule has 1 atom stereocenters. The highest BCUT2D eigenvalue weighted by molar-refractivity contribution is 5.19. The summed E-state index contributed by atoms with van der Waals surface area (Å²) in [5, 5.41) is 3.72. The van der Waals surface area contributed by atoms with Crippen LogP contribution < -0.4 is 5.32 Å². The molecule has 0 radical (unpaired) electrons. The Morgan fingerprint density at radius 2 is 1.95 bits per heavy atom. The molecule has 0 spiro atoms. The van der Waals surface area contributed by atoms with Crippen LogP contribution >= 0.6 is 0 Å². The lowest BCUT2D eigenvalue weighted by Crippen LogP contribution is -2.32. The van der Waals surface area contributed by atoms with Gasteiger partial charge in [0, 0.05) is 12.6 Å². The Morgan fingerprint density at radius 3 is 2.62 bits per heavy atom. The van der Waals surface area contributed by atoms with Crippen LogP contribution in [0.5, 0.6) is 0 Å². The van der Waals surface area contributed by atoms with Crippen LogP contribution in [0.25, 0.3) is 0 Å². The predicted octanol–water partition coefficient (Wildman–Crippen LogP) is 4.49. The predicted molar refractivity (Wildman–Crippen MR) is 89.4 cm³/mol. The molecule has 1 saturated carbocycles. The van der Waals surface area contributed by atoms with E-state index in [2.05, 4.69) is 42.2 Å². The first-order chi connectivity index (χ1) is 10.3. The Labute approximate surface area is 129 Å². The molecule has 0 amide bonds. The van der Waals surface area contributed by atoms with E-state index in [1.54, 1.807) is 0 Å². The van der Waals surface area contributed by atoms with E-state index in [4.69, 9.17) is 4.74 Å². The van der Waals surface area contributed by atoms with Crippen LogP contribution in [-0.2, 0) is 4.74 Å². The lowest BCUT2D eigenvalue weighted by Gasteiger charge is -2.31. The van der Waals surface area contributed by atoms with Crippen molar-refractivity contribution in [1.82, 2.24) is 5.32 Å². The Morgan fingerprint density at radius 1 is 1.24 bits per heavy atom. The molecule has 1 aromatic rings. The quantitative estimate of drug-likeness (QED) is 0.562. The zero-order valence-corrected chi connectivity index (χ0v) is 13.3. The summed E-state index contributed by atoms with van der Waals surface area (Å²) in [6, 6.07) is 11.4. The molecule has 1 aromatic carbocycles. The van der Waals surface area contributed by atoms with E-state index < -0.39 is 0 Å². The lowest BCUT2D eigenvalue weighted by atomic mass is 9.81. The topological polar surface area (TPSA) is 21.3 Å². The Balaban J connectivity index is 1.88. The van der Waals surface area contributed by atoms with Crippen molar-refractivity contribution >= 4 is 0 Å². The Kier molecular flexibility index (Phi) is 6.98. The summed E-state index contributed by atoms with van der Waals surface area (Å²) in [7, 11) is 0. The third-order valence-electron chi connectivity index (χ3n) is 4.24. The van der Waals surface area contributed by atoms with Gasteiger partial charge in [-0.25, -0.2) is 0 Å². The summed E-state index contributed by atoms with van der Waals surface area (Å²) in [4.78, 5) is 0. The maximum absolute atomic E-state index is 5.61. The van der Waals surface area contributed by atoms with Crippen molar-refractivity contribution in [3.63, 3.8) is 0 Å². The van der Waals surface area contributed by atoms with Gasteiger partial charge < -0.3 is 10.1 Å². The number of nitrogens with one attached hydrogen (secondary N) is 1. The van der Waals surface area contributed by atoms with E-state index in [1.807, 2.05) is 6.92 Å². The zero-order chi connectivity index (χ0) is 14.9. The third kappa shape index (κ3) is 5.64. The van der Waals surface area contributed by atoms with Gasteiger partial charge in [-0.2, -0.15) is 0 Å². The first-order valence-corrected chi connectivity index (χ1v) is 8.28. The highest BCUT2D eigenvalue weighted by Crippen LogP contribution is 2.34. The van der Waals surface area contributed by atoms with Gasteiger partial charge in [-0.05, 0) is 31.2 Å². The Hall–Kier alpha value is -1.12. The van der Waals surface area contributed by atoms with E-state index in [0.717, 1.165) is 24.6 Å². The molecule has 1 aliphatic rings. The fraction of sp³-hybridized carbons (Fsp3) is 0.579. The molecule has 0 aliphatic heterocycles. The normalized spacial score (nSPS) is 17.6. The summed E-state index contributed by atoms with van der Waals surface area (Å²) >= 11 is 0. The molecule has 1 N–H and O–H groups in total. The van der Waals surface area contributed by atoms with Crippen molar-refractivity contribution in [3.05, 3.63) is 48.0 Å². The first kappa shape index (κ1) is 16.3. The van der Waals surface area contributed by atoms with Gasteiger partial charge in [0.2, 0.25) is 0 Å². The van der Waals surface area contributed by atoms with Crippen molar-refractivity contribution in [2.45, 2.75) is 45.1 Å². The van der Waals surface area contributed by atoms with Gasteiger partial charge in [0.1, 0.15) is 0 Å². The van der Waals surface area contributed by atoms with Crippen molar-refractivity contribution in [3.8, 4) is 0 Å². The molecule has 0 heterocycles. The molecule has 2 rings (SSSR count). The second kappa shape index (κ2) is 9.01. The molecular weight excluding hydrogens is 258 g/mol. The summed E-state index contributed by atoms with van der Waals surface area (Å²) in [6.45, 7) is 8.19. The molecule has 1 aliphatic carbocycles. The van der Waals surface area contributed by atoms with Crippen molar-refractivity contribution in [1.29, 1.82) is 0 Å². The maximum atomic E-state index is 5.61. The minimum absolute atomic E-state index is 0.472. The highest BCUT2D eigenvalue weighted by atomic mass is 16.5. The van der Waals surface area contributed by atoms with Gasteiger partial charge in [-0.15, -0.1) is 0 Å².